The molecule has 10 heavy (non-hydrogen) atoms. The van der Waals surface area contributed by atoms with Gasteiger partial charge in [0.05, 0.1) is 0 Å². The molecule has 2 N–H and O–H groups in total. The minimum atomic E-state index is -0.382. The van der Waals surface area contributed by atoms with Crippen LogP contribution in [-0.4, -0.2) is 18.1 Å². The maximum atomic E-state index is 10.7. The molecule has 2 unspecified atom stereocenters. The van der Waals surface area contributed by atoms with Gasteiger partial charge in [-0.15, -0.1) is 0 Å². The Morgan fingerprint density at radius 1 is 1.70 bits per heavy atom. The largest absolute Gasteiger partial charge is 0.461 e. The average molecular weight is 143 g/mol. The third-order valence-corrected chi connectivity index (χ3v) is 1.80. The average Bonchev–Trinajstić information content (AvgIpc) is 2.13. The molecule has 1 heterocycles. The summed E-state index contributed by atoms with van der Waals surface area (Å²) in [5.41, 5.74) is 5.43. The van der Waals surface area contributed by atoms with E-state index in [0.717, 1.165) is 0 Å². The summed E-state index contributed by atoms with van der Waals surface area (Å²) < 4.78 is 4.97. The van der Waals surface area contributed by atoms with Crippen molar-refractivity contribution >= 4 is 5.97 Å². The molecule has 1 saturated heterocycles. The molecule has 0 spiro atoms. The monoisotopic (exact) mass is 143 g/mol. The fourth-order valence-electron chi connectivity index (χ4n) is 1.04. The van der Waals surface area contributed by atoms with Crippen LogP contribution in [0.15, 0.2) is 0 Å². The zero-order valence-electron chi connectivity index (χ0n) is 6.33. The highest BCUT2D eigenvalue weighted by Crippen LogP contribution is 2.19. The van der Waals surface area contributed by atoms with Gasteiger partial charge < -0.3 is 10.5 Å². The van der Waals surface area contributed by atoms with Crippen LogP contribution in [0.25, 0.3) is 0 Å². The highest BCUT2D eigenvalue weighted by Gasteiger charge is 2.32. The summed E-state index contributed by atoms with van der Waals surface area (Å²) in [5.74, 6) is 0.135. The van der Waals surface area contributed by atoms with Crippen LogP contribution in [0.2, 0.25) is 0 Å². The van der Waals surface area contributed by atoms with E-state index in [4.69, 9.17) is 10.5 Å². The Hall–Kier alpha value is -0.570. The van der Waals surface area contributed by atoms with Crippen molar-refractivity contribution < 1.29 is 9.53 Å². The molecule has 3 nitrogen and oxygen atoms in total. The topological polar surface area (TPSA) is 52.3 Å². The lowest BCUT2D eigenvalue weighted by Gasteiger charge is -2.11. The lowest BCUT2D eigenvalue weighted by molar-refractivity contribution is -0.143. The number of rotatable bonds is 1. The van der Waals surface area contributed by atoms with E-state index >= 15 is 0 Å². The standard InChI is InChI=1S/C7H13NO2/c1-4(2)6-3-5(8)7(9)10-6/h4-6H,3,8H2,1-2H3. The number of carbonyl (C=O) groups is 1. The van der Waals surface area contributed by atoms with Crippen LogP contribution in [0.1, 0.15) is 20.3 Å². The van der Waals surface area contributed by atoms with Crippen LogP contribution >= 0.6 is 0 Å². The van der Waals surface area contributed by atoms with Crippen LogP contribution in [-0.2, 0) is 9.53 Å². The van der Waals surface area contributed by atoms with Crippen molar-refractivity contribution in [1.82, 2.24) is 0 Å². The summed E-state index contributed by atoms with van der Waals surface area (Å²) in [6, 6.07) is -0.382. The van der Waals surface area contributed by atoms with Crippen LogP contribution in [0.5, 0.6) is 0 Å². The van der Waals surface area contributed by atoms with Crippen molar-refractivity contribution in [3.05, 3.63) is 0 Å². The molecule has 0 radical (unpaired) electrons. The second-order valence-electron chi connectivity index (χ2n) is 3.06. The molecular weight excluding hydrogens is 130 g/mol. The Morgan fingerprint density at radius 3 is 2.50 bits per heavy atom. The number of esters is 1. The molecule has 0 saturated carbocycles. The number of hydrogen-bond acceptors (Lipinski definition) is 3. The number of ether oxygens (including phenoxy) is 1. The SMILES string of the molecule is CC(C)C1CC(N)C(=O)O1. The molecule has 0 aliphatic carbocycles. The lowest BCUT2D eigenvalue weighted by Crippen LogP contribution is -2.24. The van der Waals surface area contributed by atoms with Gasteiger partial charge in [-0.3, -0.25) is 4.79 Å². The number of nitrogens with two attached hydrogens (primary N) is 1. The molecule has 1 rings (SSSR count). The summed E-state index contributed by atoms with van der Waals surface area (Å²) in [4.78, 5) is 10.7. The maximum absolute atomic E-state index is 10.7. The molecule has 0 aromatic rings. The summed E-state index contributed by atoms with van der Waals surface area (Å²) in [6.07, 6.45) is 0.721. The van der Waals surface area contributed by atoms with Gasteiger partial charge in [-0.1, -0.05) is 13.8 Å². The van der Waals surface area contributed by atoms with E-state index in [9.17, 15) is 4.79 Å². The van der Waals surface area contributed by atoms with Crippen LogP contribution in [0.4, 0.5) is 0 Å². The first-order valence-electron chi connectivity index (χ1n) is 3.57. The van der Waals surface area contributed by atoms with Crippen molar-refractivity contribution in [2.45, 2.75) is 32.4 Å². The summed E-state index contributed by atoms with van der Waals surface area (Å²) in [5, 5.41) is 0. The van der Waals surface area contributed by atoms with Gasteiger partial charge in [0, 0.05) is 6.42 Å². The quantitative estimate of drug-likeness (QED) is 0.536. The van der Waals surface area contributed by atoms with E-state index in [1.165, 1.54) is 0 Å². The molecule has 0 bridgehead atoms. The van der Waals surface area contributed by atoms with E-state index in [1.54, 1.807) is 0 Å². The molecule has 1 fully saturated rings. The predicted octanol–water partition coefficient (Wildman–Crippen LogP) is 0.285. The highest BCUT2D eigenvalue weighted by atomic mass is 16.6. The minimum Gasteiger partial charge on any atom is -0.461 e. The highest BCUT2D eigenvalue weighted by molar-refractivity contribution is 5.77. The second-order valence-corrected chi connectivity index (χ2v) is 3.06. The van der Waals surface area contributed by atoms with E-state index in [0.29, 0.717) is 12.3 Å². The molecule has 0 aromatic heterocycles. The summed E-state index contributed by atoms with van der Waals surface area (Å²) in [7, 11) is 0. The Morgan fingerprint density at radius 2 is 2.30 bits per heavy atom. The number of hydrogen-bond donors (Lipinski definition) is 1. The van der Waals surface area contributed by atoms with Gasteiger partial charge >= 0.3 is 5.97 Å². The van der Waals surface area contributed by atoms with E-state index in [1.807, 2.05) is 13.8 Å². The van der Waals surface area contributed by atoms with Crippen molar-refractivity contribution in [3.63, 3.8) is 0 Å². The molecule has 0 amide bonds. The predicted molar refractivity (Wildman–Crippen MR) is 37.3 cm³/mol. The van der Waals surface area contributed by atoms with Crippen molar-refractivity contribution in [3.8, 4) is 0 Å². The molecule has 2 atom stereocenters. The fraction of sp³-hybridized carbons (Fsp3) is 0.857. The third kappa shape index (κ3) is 1.29. The Labute approximate surface area is 60.5 Å². The van der Waals surface area contributed by atoms with Gasteiger partial charge in [-0.2, -0.15) is 0 Å². The van der Waals surface area contributed by atoms with Crippen molar-refractivity contribution in [2.24, 2.45) is 11.7 Å². The molecule has 58 valence electrons. The molecule has 1 aliphatic rings. The molecule has 1 aliphatic heterocycles. The van der Waals surface area contributed by atoms with E-state index in [-0.39, 0.29) is 18.1 Å². The lowest BCUT2D eigenvalue weighted by atomic mass is 10.0. The number of carbonyl (C=O) groups excluding carboxylic acids is 1. The second kappa shape index (κ2) is 2.58. The molecule has 0 aromatic carbocycles. The summed E-state index contributed by atoms with van der Waals surface area (Å²) >= 11 is 0. The van der Waals surface area contributed by atoms with Crippen LogP contribution in [0, 0.1) is 5.92 Å². The van der Waals surface area contributed by atoms with Gasteiger partial charge in [0.2, 0.25) is 0 Å². The van der Waals surface area contributed by atoms with Crippen LogP contribution in [0.3, 0.4) is 0 Å². The van der Waals surface area contributed by atoms with Crippen LogP contribution < -0.4 is 5.73 Å². The van der Waals surface area contributed by atoms with Gasteiger partial charge in [0.25, 0.3) is 0 Å². The number of cyclic esters (lactones) is 1. The zero-order chi connectivity index (χ0) is 7.72. The Kier molecular flexibility index (Phi) is 1.94. The fourth-order valence-corrected chi connectivity index (χ4v) is 1.04. The smallest absolute Gasteiger partial charge is 0.323 e. The van der Waals surface area contributed by atoms with Gasteiger partial charge in [0.15, 0.2) is 0 Å². The third-order valence-electron chi connectivity index (χ3n) is 1.80. The Bertz CT molecular complexity index is 145. The normalized spacial score (nSPS) is 33.0. The van der Waals surface area contributed by atoms with E-state index in [2.05, 4.69) is 0 Å². The first-order valence-corrected chi connectivity index (χ1v) is 3.57. The maximum Gasteiger partial charge on any atom is 0.323 e. The van der Waals surface area contributed by atoms with Gasteiger partial charge in [-0.25, -0.2) is 0 Å². The molecule has 3 heteroatoms. The van der Waals surface area contributed by atoms with Gasteiger partial charge in [-0.05, 0) is 5.92 Å². The molecular formula is C7H13NO2. The van der Waals surface area contributed by atoms with E-state index < -0.39 is 0 Å². The summed E-state index contributed by atoms with van der Waals surface area (Å²) in [6.45, 7) is 4.05. The van der Waals surface area contributed by atoms with Crippen molar-refractivity contribution in [2.75, 3.05) is 0 Å². The first-order chi connectivity index (χ1) is 4.61. The van der Waals surface area contributed by atoms with Crippen molar-refractivity contribution in [1.29, 1.82) is 0 Å². The Balaban J connectivity index is 2.49. The minimum absolute atomic E-state index is 0.0440. The van der Waals surface area contributed by atoms with Gasteiger partial charge in [0.1, 0.15) is 12.1 Å². The zero-order valence-corrected chi connectivity index (χ0v) is 6.33. The first kappa shape index (κ1) is 7.54.